The van der Waals surface area contributed by atoms with Crippen molar-refractivity contribution in [2.75, 3.05) is 13.9 Å². The molecule has 2 aromatic carbocycles. The number of hydrogen-bond acceptors (Lipinski definition) is 9. The molecular weight excluding hydrogens is 530 g/mol. The van der Waals surface area contributed by atoms with Gasteiger partial charge < -0.3 is 29.0 Å². The number of nitrogens with one attached hydrogen (secondary N) is 1. The highest BCUT2D eigenvalue weighted by Gasteiger charge is 2.29. The van der Waals surface area contributed by atoms with Crippen LogP contribution in [0, 0.1) is 11.6 Å². The smallest absolute Gasteiger partial charge is 0.328 e. The lowest BCUT2D eigenvalue weighted by molar-refractivity contribution is -0.155. The molecule has 1 N–H and O–H groups in total. The molecule has 0 fully saturated rings. The molecule has 0 saturated heterocycles. The number of methoxy groups -OCH3 is 1. The van der Waals surface area contributed by atoms with Gasteiger partial charge in [-0.25, -0.2) is 18.6 Å². The highest BCUT2D eigenvalue weighted by Crippen LogP contribution is 2.30. The van der Waals surface area contributed by atoms with Crippen LogP contribution in [0.4, 0.5) is 8.78 Å². The largest absolute Gasteiger partial charge is 0.493 e. The summed E-state index contributed by atoms with van der Waals surface area (Å²) < 4.78 is 53.7. The highest BCUT2D eigenvalue weighted by atomic mass is 19.1. The molecule has 10 nitrogen and oxygen atoms in total. The Hall–Kier alpha value is -4.74. The third kappa shape index (κ3) is 8.13. The van der Waals surface area contributed by atoms with Gasteiger partial charge in [0.2, 0.25) is 6.79 Å². The molecule has 0 spiro atoms. The fourth-order valence-electron chi connectivity index (χ4n) is 3.48. The van der Waals surface area contributed by atoms with E-state index in [0.717, 1.165) is 0 Å². The van der Waals surface area contributed by atoms with Crippen LogP contribution in [0.3, 0.4) is 0 Å². The molecule has 12 heteroatoms. The second-order valence-corrected chi connectivity index (χ2v) is 8.47. The zero-order chi connectivity index (χ0) is 29.2. The van der Waals surface area contributed by atoms with Crippen LogP contribution in [0.15, 0.2) is 60.8 Å². The molecule has 0 unspecified atom stereocenters. The number of esters is 2. The molecule has 3 aromatic rings. The molecule has 3 atom stereocenters. The number of carbonyl (C=O) groups is 3. The van der Waals surface area contributed by atoms with E-state index in [2.05, 4.69) is 10.3 Å². The number of amides is 1. The summed E-state index contributed by atoms with van der Waals surface area (Å²) >= 11 is 0. The lowest BCUT2D eigenvalue weighted by Gasteiger charge is -2.27. The Morgan fingerprint density at radius 3 is 2.17 bits per heavy atom. The van der Waals surface area contributed by atoms with Crippen molar-refractivity contribution < 1.29 is 46.8 Å². The fraction of sp³-hybridized carbons (Fsp3) is 0.286. The first-order chi connectivity index (χ1) is 19.1. The van der Waals surface area contributed by atoms with Crippen LogP contribution in [0.1, 0.15) is 42.9 Å². The normalized spacial score (nSPS) is 12.8. The summed E-state index contributed by atoms with van der Waals surface area (Å²) in [6.45, 7) is 3.66. The van der Waals surface area contributed by atoms with Crippen molar-refractivity contribution >= 4 is 17.8 Å². The molecule has 0 aliphatic carbocycles. The Morgan fingerprint density at radius 2 is 1.57 bits per heavy atom. The molecule has 0 aliphatic rings. The van der Waals surface area contributed by atoms with Crippen molar-refractivity contribution in [2.24, 2.45) is 0 Å². The molecule has 212 valence electrons. The average molecular weight is 559 g/mol. The summed E-state index contributed by atoms with van der Waals surface area (Å²) in [5, 5.41) is 2.48. The number of benzene rings is 2. The molecule has 1 amide bonds. The maximum Gasteiger partial charge on any atom is 0.328 e. The molecular formula is C28H28F2N2O8. The van der Waals surface area contributed by atoms with Crippen LogP contribution >= 0.6 is 0 Å². The van der Waals surface area contributed by atoms with E-state index in [1.165, 1.54) is 81.8 Å². The van der Waals surface area contributed by atoms with E-state index in [1.807, 2.05) is 0 Å². The quantitative estimate of drug-likeness (QED) is 0.258. The number of aromatic nitrogens is 1. The van der Waals surface area contributed by atoms with Gasteiger partial charge in [0.1, 0.15) is 29.5 Å². The molecule has 40 heavy (non-hydrogen) atoms. The lowest BCUT2D eigenvalue weighted by Crippen LogP contribution is -2.42. The Bertz CT molecular complexity index is 1320. The summed E-state index contributed by atoms with van der Waals surface area (Å²) in [7, 11) is 1.35. The van der Waals surface area contributed by atoms with E-state index in [0.29, 0.717) is 11.3 Å². The van der Waals surface area contributed by atoms with Crippen molar-refractivity contribution in [3.8, 4) is 17.2 Å². The third-order valence-electron chi connectivity index (χ3n) is 5.47. The van der Waals surface area contributed by atoms with Crippen LogP contribution in [0.25, 0.3) is 0 Å². The van der Waals surface area contributed by atoms with E-state index in [1.54, 1.807) is 6.92 Å². The van der Waals surface area contributed by atoms with Gasteiger partial charge in [0, 0.05) is 19.2 Å². The predicted molar refractivity (Wildman–Crippen MR) is 137 cm³/mol. The molecule has 1 heterocycles. The molecule has 1 aromatic heterocycles. The van der Waals surface area contributed by atoms with Gasteiger partial charge in [-0.3, -0.25) is 9.59 Å². The number of pyridine rings is 1. The van der Waals surface area contributed by atoms with Gasteiger partial charge in [0.25, 0.3) is 5.91 Å². The molecule has 0 bridgehead atoms. The maximum absolute atomic E-state index is 13.5. The summed E-state index contributed by atoms with van der Waals surface area (Å²) in [5.41, 5.74) is 0.279. The van der Waals surface area contributed by atoms with Crippen LogP contribution in [-0.4, -0.2) is 48.9 Å². The summed E-state index contributed by atoms with van der Waals surface area (Å²) in [6, 6.07) is 10.9. The number of hydrogen-bond donors (Lipinski definition) is 1. The van der Waals surface area contributed by atoms with E-state index < -0.39 is 54.5 Å². The Labute approximate surface area is 229 Å². The number of ether oxygens (including phenoxy) is 5. The lowest BCUT2D eigenvalue weighted by atomic mass is 10.0. The zero-order valence-corrected chi connectivity index (χ0v) is 22.2. The minimum atomic E-state index is -1.15. The third-order valence-corrected chi connectivity index (χ3v) is 5.47. The topological polar surface area (TPSA) is 122 Å². The van der Waals surface area contributed by atoms with E-state index in [4.69, 9.17) is 23.7 Å². The molecule has 0 radical (unpaired) electrons. The minimum absolute atomic E-state index is 0.0956. The Kier molecular flexibility index (Phi) is 10.3. The van der Waals surface area contributed by atoms with Gasteiger partial charge in [-0.2, -0.15) is 0 Å². The second kappa shape index (κ2) is 13.9. The standard InChI is InChI=1S/C28H28F2N2O8/c1-16(32-27(34)24-26(38-15-37-18(3)33)23(36-4)13-14-31-24)28(35)39-17(2)25(19-5-7-20(29)8-6-19)40-22-11-9-21(30)10-12-22/h5-14,16-17,25H,15H2,1-4H3,(H,32,34)/t16-,17-,25-/m0/s1. The van der Waals surface area contributed by atoms with Crippen molar-refractivity contribution in [2.45, 2.75) is 39.0 Å². The molecule has 0 saturated carbocycles. The van der Waals surface area contributed by atoms with Crippen molar-refractivity contribution in [3.63, 3.8) is 0 Å². The van der Waals surface area contributed by atoms with Crippen molar-refractivity contribution in [1.82, 2.24) is 10.3 Å². The van der Waals surface area contributed by atoms with E-state index in [-0.39, 0.29) is 17.2 Å². The maximum atomic E-state index is 13.5. The fourth-order valence-corrected chi connectivity index (χ4v) is 3.48. The number of rotatable bonds is 12. The van der Waals surface area contributed by atoms with Gasteiger partial charge in [-0.05, 0) is 55.8 Å². The number of nitrogens with zero attached hydrogens (tertiary/aromatic N) is 1. The molecule has 3 rings (SSSR count). The summed E-state index contributed by atoms with van der Waals surface area (Å²) in [5.74, 6) is -2.76. The van der Waals surface area contributed by atoms with Gasteiger partial charge in [0.15, 0.2) is 23.3 Å². The summed E-state index contributed by atoms with van der Waals surface area (Å²) in [4.78, 5) is 41.0. The van der Waals surface area contributed by atoms with Gasteiger partial charge in [-0.15, -0.1) is 0 Å². The molecule has 0 aliphatic heterocycles. The van der Waals surface area contributed by atoms with Crippen LogP contribution in [0.5, 0.6) is 17.2 Å². The number of halogens is 2. The zero-order valence-electron chi connectivity index (χ0n) is 22.2. The minimum Gasteiger partial charge on any atom is -0.493 e. The first-order valence-electron chi connectivity index (χ1n) is 12.1. The van der Waals surface area contributed by atoms with Crippen molar-refractivity contribution in [1.29, 1.82) is 0 Å². The first-order valence-corrected chi connectivity index (χ1v) is 12.1. The van der Waals surface area contributed by atoms with Gasteiger partial charge >= 0.3 is 11.9 Å². The van der Waals surface area contributed by atoms with Crippen LogP contribution in [-0.2, 0) is 19.1 Å². The van der Waals surface area contributed by atoms with Crippen LogP contribution in [0.2, 0.25) is 0 Å². The Morgan fingerprint density at radius 1 is 0.950 bits per heavy atom. The highest BCUT2D eigenvalue weighted by molar-refractivity contribution is 5.98. The Balaban J connectivity index is 1.73. The average Bonchev–Trinajstić information content (AvgIpc) is 2.93. The monoisotopic (exact) mass is 558 g/mol. The van der Waals surface area contributed by atoms with E-state index >= 15 is 0 Å². The predicted octanol–water partition coefficient (Wildman–Crippen LogP) is 4.14. The SMILES string of the molecule is COc1ccnc(C(=O)N[C@@H](C)C(=O)O[C@@H](C)[C@H](Oc2ccc(F)cc2)c2ccc(F)cc2)c1OCOC(C)=O. The van der Waals surface area contributed by atoms with Crippen LogP contribution < -0.4 is 19.5 Å². The van der Waals surface area contributed by atoms with E-state index in [9.17, 15) is 23.2 Å². The van der Waals surface area contributed by atoms with Gasteiger partial charge in [-0.1, -0.05) is 12.1 Å². The van der Waals surface area contributed by atoms with Crippen molar-refractivity contribution in [3.05, 3.63) is 83.7 Å². The first kappa shape index (κ1) is 29.8. The van der Waals surface area contributed by atoms with Gasteiger partial charge in [0.05, 0.1) is 7.11 Å². The number of carbonyl (C=O) groups excluding carboxylic acids is 3. The summed E-state index contributed by atoms with van der Waals surface area (Å²) in [6.07, 6.45) is -0.503. The second-order valence-electron chi connectivity index (χ2n) is 8.47.